The molecular formula is C19H15F3N6O5. The van der Waals surface area contributed by atoms with Gasteiger partial charge in [0.05, 0.1) is 17.3 Å². The van der Waals surface area contributed by atoms with E-state index < -0.39 is 12.1 Å². The number of nitrogen functional groups attached to an aromatic ring is 2. The van der Waals surface area contributed by atoms with Crippen LogP contribution >= 0.6 is 0 Å². The number of phenolic OH excluding ortho intramolecular Hbond substituents is 1. The van der Waals surface area contributed by atoms with Crippen LogP contribution in [0.5, 0.6) is 5.75 Å². The van der Waals surface area contributed by atoms with Crippen molar-refractivity contribution in [3.05, 3.63) is 36.3 Å². The number of phenols is 1. The van der Waals surface area contributed by atoms with Crippen molar-refractivity contribution >= 4 is 34.2 Å². The summed E-state index contributed by atoms with van der Waals surface area (Å²) >= 11 is 0. The zero-order valence-corrected chi connectivity index (χ0v) is 16.6. The lowest BCUT2D eigenvalue weighted by Crippen LogP contribution is -2.21. The summed E-state index contributed by atoms with van der Waals surface area (Å²) in [4.78, 5) is 25.1. The summed E-state index contributed by atoms with van der Waals surface area (Å²) in [7, 11) is 0. The van der Waals surface area contributed by atoms with Crippen LogP contribution in [0, 0.1) is 0 Å². The van der Waals surface area contributed by atoms with Crippen molar-refractivity contribution in [3.8, 4) is 28.1 Å². The highest BCUT2D eigenvalue weighted by molar-refractivity contribution is 6.07. The fourth-order valence-corrected chi connectivity index (χ4v) is 2.87. The van der Waals surface area contributed by atoms with Crippen LogP contribution < -0.4 is 11.5 Å². The number of pyridine rings is 1. The van der Waals surface area contributed by atoms with Crippen LogP contribution in [0.15, 0.2) is 35.2 Å². The molecule has 0 radical (unpaired) electrons. The first-order valence-electron chi connectivity index (χ1n) is 8.88. The predicted octanol–water partition coefficient (Wildman–Crippen LogP) is 2.99. The van der Waals surface area contributed by atoms with Gasteiger partial charge in [0.25, 0.3) is 0 Å². The number of hydrogen-bond acceptors (Lipinski definition) is 9. The van der Waals surface area contributed by atoms with Crippen LogP contribution in [0.2, 0.25) is 0 Å². The maximum Gasteiger partial charge on any atom is 0.490 e. The highest BCUT2D eigenvalue weighted by Gasteiger charge is 2.38. The summed E-state index contributed by atoms with van der Waals surface area (Å²) in [5, 5.41) is 28.4. The van der Waals surface area contributed by atoms with Crippen LogP contribution in [0.4, 0.5) is 24.7 Å². The lowest BCUT2D eigenvalue weighted by Gasteiger charge is -2.10. The third-order valence-corrected chi connectivity index (χ3v) is 4.38. The molecule has 172 valence electrons. The van der Waals surface area contributed by atoms with Gasteiger partial charge in [0, 0.05) is 46.4 Å². The van der Waals surface area contributed by atoms with Crippen LogP contribution in [-0.2, 0) is 4.79 Å². The summed E-state index contributed by atoms with van der Waals surface area (Å²) in [5.41, 5.74) is 14.7. The van der Waals surface area contributed by atoms with E-state index in [9.17, 15) is 23.1 Å². The SMILES string of the molecule is CC(=O)c1cc(-c2ncc(-c3cn[nH]c3)c3onc(N)c23)c(O)cc1N.O=C(O)C(F)(F)F. The molecule has 0 aliphatic carbocycles. The maximum absolute atomic E-state index is 11.8. The van der Waals surface area contributed by atoms with E-state index in [2.05, 4.69) is 20.3 Å². The number of carbonyl (C=O) groups excluding carboxylic acids is 1. The third kappa shape index (κ3) is 4.53. The van der Waals surface area contributed by atoms with Crippen LogP contribution in [0.1, 0.15) is 17.3 Å². The van der Waals surface area contributed by atoms with Crippen LogP contribution in [0.25, 0.3) is 33.4 Å². The van der Waals surface area contributed by atoms with Gasteiger partial charge in [-0.15, -0.1) is 0 Å². The summed E-state index contributed by atoms with van der Waals surface area (Å²) in [6, 6.07) is 2.80. The molecule has 0 saturated heterocycles. The molecule has 0 amide bonds. The summed E-state index contributed by atoms with van der Waals surface area (Å²) < 4.78 is 37.1. The number of halogens is 3. The number of carboxylic acids is 1. The standard InChI is InChI=1S/C17H14N6O3.C2HF3O2/c1-7(24)9-2-10(13(25)3-12(9)18)15-14-16(26-23-17(14)19)11(6-20-15)8-4-21-22-5-8;3-2(4,5)1(6)7/h2-6,25H,18H2,1H3,(H2,19,23)(H,21,22);(H,6,7). The molecule has 3 aromatic heterocycles. The van der Waals surface area contributed by atoms with Crippen LogP contribution in [0.3, 0.4) is 0 Å². The second kappa shape index (κ2) is 8.49. The minimum atomic E-state index is -5.08. The molecule has 3 heterocycles. The largest absolute Gasteiger partial charge is 0.507 e. The summed E-state index contributed by atoms with van der Waals surface area (Å²) in [5.74, 6) is -2.99. The topological polar surface area (TPSA) is 194 Å². The Labute approximate surface area is 181 Å². The Balaban J connectivity index is 0.000000383. The van der Waals surface area contributed by atoms with Gasteiger partial charge in [0.1, 0.15) is 5.75 Å². The average molecular weight is 464 g/mol. The van der Waals surface area contributed by atoms with Gasteiger partial charge in [-0.2, -0.15) is 18.3 Å². The van der Waals surface area contributed by atoms with Crippen LogP contribution in [-0.4, -0.2) is 48.5 Å². The van der Waals surface area contributed by atoms with Crippen molar-refractivity contribution in [2.75, 3.05) is 11.5 Å². The fraction of sp³-hybridized carbons (Fsp3) is 0.105. The van der Waals surface area contributed by atoms with Crippen molar-refractivity contribution < 1.29 is 37.5 Å². The molecule has 14 heteroatoms. The molecule has 0 aliphatic heterocycles. The molecule has 0 spiro atoms. The van der Waals surface area contributed by atoms with Gasteiger partial charge in [-0.3, -0.25) is 14.9 Å². The van der Waals surface area contributed by atoms with E-state index in [1.54, 1.807) is 18.6 Å². The Morgan fingerprint density at radius 2 is 1.82 bits per heavy atom. The first kappa shape index (κ1) is 23.1. The van der Waals surface area contributed by atoms with E-state index in [1.165, 1.54) is 19.1 Å². The molecule has 7 N–H and O–H groups in total. The molecule has 4 aromatic rings. The number of anilines is 2. The minimum Gasteiger partial charge on any atom is -0.507 e. The second-order valence-electron chi connectivity index (χ2n) is 6.60. The number of aliphatic carboxylic acids is 1. The van der Waals surface area contributed by atoms with Crippen molar-refractivity contribution in [3.63, 3.8) is 0 Å². The number of carbonyl (C=O) groups is 2. The third-order valence-electron chi connectivity index (χ3n) is 4.38. The maximum atomic E-state index is 11.8. The zero-order valence-electron chi connectivity index (χ0n) is 16.6. The number of ketones is 1. The van der Waals surface area contributed by atoms with Gasteiger partial charge in [-0.05, 0) is 13.0 Å². The number of nitrogens with two attached hydrogens (primary N) is 2. The van der Waals surface area contributed by atoms with E-state index in [-0.39, 0.29) is 28.6 Å². The molecule has 11 nitrogen and oxygen atoms in total. The van der Waals surface area contributed by atoms with Gasteiger partial charge in [0.15, 0.2) is 17.2 Å². The van der Waals surface area contributed by atoms with Crippen molar-refractivity contribution in [2.24, 2.45) is 0 Å². The monoisotopic (exact) mass is 464 g/mol. The van der Waals surface area contributed by atoms with Gasteiger partial charge < -0.3 is 26.2 Å². The number of aromatic nitrogens is 4. The fourth-order valence-electron chi connectivity index (χ4n) is 2.87. The van der Waals surface area contributed by atoms with E-state index in [4.69, 9.17) is 25.9 Å². The number of nitrogens with zero attached hydrogens (tertiary/aromatic N) is 3. The number of aromatic hydroxyl groups is 1. The van der Waals surface area contributed by atoms with Gasteiger partial charge >= 0.3 is 12.1 Å². The smallest absolute Gasteiger partial charge is 0.490 e. The molecule has 0 fully saturated rings. The van der Waals surface area contributed by atoms with E-state index >= 15 is 0 Å². The first-order chi connectivity index (χ1) is 15.4. The molecule has 0 aliphatic rings. The minimum absolute atomic E-state index is 0.119. The molecule has 0 atom stereocenters. The van der Waals surface area contributed by atoms with Crippen molar-refractivity contribution in [1.29, 1.82) is 0 Å². The summed E-state index contributed by atoms with van der Waals surface area (Å²) in [6.07, 6.45) is -0.219. The van der Waals surface area contributed by atoms with Gasteiger partial charge in [-0.25, -0.2) is 4.79 Å². The Hall–Kier alpha value is -4.62. The highest BCUT2D eigenvalue weighted by Crippen LogP contribution is 2.40. The Morgan fingerprint density at radius 3 is 2.36 bits per heavy atom. The number of aromatic amines is 1. The zero-order chi connectivity index (χ0) is 24.5. The van der Waals surface area contributed by atoms with E-state index in [0.717, 1.165) is 5.56 Å². The number of nitrogens with one attached hydrogen (secondary N) is 1. The molecule has 33 heavy (non-hydrogen) atoms. The summed E-state index contributed by atoms with van der Waals surface area (Å²) in [6.45, 7) is 1.39. The molecule has 0 bridgehead atoms. The molecule has 0 unspecified atom stereocenters. The second-order valence-corrected chi connectivity index (χ2v) is 6.60. The van der Waals surface area contributed by atoms with Gasteiger partial charge in [0.2, 0.25) is 0 Å². The molecular weight excluding hydrogens is 449 g/mol. The Kier molecular flexibility index (Phi) is 5.93. The number of carboxylic acid groups (broad SMARTS) is 1. The van der Waals surface area contributed by atoms with Crippen molar-refractivity contribution in [2.45, 2.75) is 13.1 Å². The number of hydrogen-bond donors (Lipinski definition) is 5. The number of alkyl halides is 3. The number of benzene rings is 1. The normalized spacial score (nSPS) is 11.2. The molecule has 0 saturated carbocycles. The predicted molar refractivity (Wildman–Crippen MR) is 109 cm³/mol. The first-order valence-corrected chi connectivity index (χ1v) is 8.88. The van der Waals surface area contributed by atoms with Crippen molar-refractivity contribution in [1.82, 2.24) is 20.3 Å². The number of H-pyrrole nitrogens is 1. The number of Topliss-reactive ketones (excluding diaryl/α,β-unsaturated/α-hetero) is 1. The molecule has 1 aromatic carbocycles. The quantitative estimate of drug-likeness (QED) is 0.222. The Bertz CT molecular complexity index is 1350. The lowest BCUT2D eigenvalue weighted by atomic mass is 9.99. The average Bonchev–Trinajstić information content (AvgIpc) is 3.38. The van der Waals surface area contributed by atoms with E-state index in [1.807, 2.05) is 0 Å². The van der Waals surface area contributed by atoms with Gasteiger partial charge in [-0.1, -0.05) is 5.16 Å². The Morgan fingerprint density at radius 1 is 1.15 bits per heavy atom. The molecule has 4 rings (SSSR count). The highest BCUT2D eigenvalue weighted by atomic mass is 19.4. The lowest BCUT2D eigenvalue weighted by molar-refractivity contribution is -0.192. The van der Waals surface area contributed by atoms with E-state index in [0.29, 0.717) is 27.8 Å². The number of rotatable bonds is 3. The number of fused-ring (bicyclic) bond motifs is 1.